The largest absolute Gasteiger partial charge is 0.416 e. The van der Waals surface area contributed by atoms with Gasteiger partial charge in [0, 0.05) is 0 Å². The van der Waals surface area contributed by atoms with Gasteiger partial charge >= 0.3 is 6.18 Å². The second kappa shape index (κ2) is 6.49. The second-order valence-electron chi connectivity index (χ2n) is 3.30. The molecule has 0 saturated heterocycles. The summed E-state index contributed by atoms with van der Waals surface area (Å²) in [7, 11) is 0. The maximum Gasteiger partial charge on any atom is 0.416 e. The van der Waals surface area contributed by atoms with Crippen molar-refractivity contribution in [1.82, 2.24) is 0 Å². The van der Waals surface area contributed by atoms with Crippen LogP contribution in [0, 0.1) is 0 Å². The van der Waals surface area contributed by atoms with Gasteiger partial charge in [-0.05, 0) is 19.8 Å². The molecule has 0 aliphatic carbocycles. The molecular formula is C12H17F3. The lowest BCUT2D eigenvalue weighted by Gasteiger charge is -2.07. The Balaban J connectivity index is 4.91. The molecule has 0 amide bonds. The van der Waals surface area contributed by atoms with Gasteiger partial charge in [0.1, 0.15) is 0 Å². The Bertz CT molecular complexity index is 267. The number of hydrogen-bond donors (Lipinski definition) is 0. The molecule has 0 aliphatic rings. The Labute approximate surface area is 89.2 Å². The quantitative estimate of drug-likeness (QED) is 0.595. The lowest BCUT2D eigenvalue weighted by molar-refractivity contribution is -0.0882. The van der Waals surface area contributed by atoms with Crippen LogP contribution in [0.25, 0.3) is 0 Å². The van der Waals surface area contributed by atoms with E-state index in [1.807, 2.05) is 13.8 Å². The monoisotopic (exact) mass is 218 g/mol. The summed E-state index contributed by atoms with van der Waals surface area (Å²) in [6.45, 7) is 5.41. The average Bonchev–Trinajstić information content (AvgIpc) is 2.14. The van der Waals surface area contributed by atoms with Crippen molar-refractivity contribution in [3.05, 3.63) is 35.5 Å². The first-order valence-corrected chi connectivity index (χ1v) is 5.03. The van der Waals surface area contributed by atoms with E-state index in [0.29, 0.717) is 6.42 Å². The topological polar surface area (TPSA) is 0 Å². The van der Waals surface area contributed by atoms with E-state index in [9.17, 15) is 13.2 Å². The van der Waals surface area contributed by atoms with Gasteiger partial charge in [0.15, 0.2) is 0 Å². The van der Waals surface area contributed by atoms with Crippen molar-refractivity contribution in [3.8, 4) is 0 Å². The molecule has 0 aromatic rings. The van der Waals surface area contributed by atoms with E-state index in [2.05, 4.69) is 0 Å². The summed E-state index contributed by atoms with van der Waals surface area (Å²) >= 11 is 0. The predicted molar refractivity (Wildman–Crippen MR) is 57.6 cm³/mol. The van der Waals surface area contributed by atoms with E-state index in [0.717, 1.165) is 18.1 Å². The van der Waals surface area contributed by atoms with Crippen molar-refractivity contribution in [3.63, 3.8) is 0 Å². The highest BCUT2D eigenvalue weighted by Crippen LogP contribution is 2.27. The average molecular weight is 218 g/mol. The summed E-state index contributed by atoms with van der Waals surface area (Å²) in [5.41, 5.74) is 0.134. The smallest absolute Gasteiger partial charge is 0.166 e. The molecule has 0 nitrogen and oxygen atoms in total. The maximum absolute atomic E-state index is 12.5. The van der Waals surface area contributed by atoms with Gasteiger partial charge in [-0.1, -0.05) is 43.7 Å². The Morgan fingerprint density at radius 1 is 1.20 bits per heavy atom. The zero-order valence-electron chi connectivity index (χ0n) is 9.36. The van der Waals surface area contributed by atoms with Crippen LogP contribution >= 0.6 is 0 Å². The van der Waals surface area contributed by atoms with Crippen LogP contribution in [0.2, 0.25) is 0 Å². The van der Waals surface area contributed by atoms with Gasteiger partial charge in [0.2, 0.25) is 0 Å². The first-order valence-electron chi connectivity index (χ1n) is 5.03. The Morgan fingerprint density at radius 2 is 1.80 bits per heavy atom. The van der Waals surface area contributed by atoms with Crippen molar-refractivity contribution in [2.24, 2.45) is 0 Å². The molecule has 86 valence electrons. The molecule has 0 atom stereocenters. The van der Waals surface area contributed by atoms with Crippen LogP contribution in [-0.2, 0) is 0 Å². The van der Waals surface area contributed by atoms with Gasteiger partial charge in [-0.15, -0.1) is 0 Å². The van der Waals surface area contributed by atoms with Crippen LogP contribution in [0.5, 0.6) is 0 Å². The molecule has 0 aromatic heterocycles. The highest BCUT2D eigenvalue weighted by molar-refractivity contribution is 5.30. The van der Waals surface area contributed by atoms with Crippen LogP contribution in [0.15, 0.2) is 35.5 Å². The Morgan fingerprint density at radius 3 is 2.20 bits per heavy atom. The molecular weight excluding hydrogens is 201 g/mol. The summed E-state index contributed by atoms with van der Waals surface area (Å²) in [6.07, 6.45) is 2.54. The van der Waals surface area contributed by atoms with E-state index >= 15 is 0 Å². The zero-order valence-corrected chi connectivity index (χ0v) is 9.36. The first-order chi connectivity index (χ1) is 6.91. The van der Waals surface area contributed by atoms with Crippen molar-refractivity contribution in [1.29, 1.82) is 0 Å². The van der Waals surface area contributed by atoms with Crippen LogP contribution in [-0.4, -0.2) is 6.18 Å². The molecule has 3 heteroatoms. The summed E-state index contributed by atoms with van der Waals surface area (Å²) in [6, 6.07) is 0. The zero-order chi connectivity index (χ0) is 11.9. The maximum atomic E-state index is 12.5. The van der Waals surface area contributed by atoms with Gasteiger partial charge in [0.25, 0.3) is 0 Å². The van der Waals surface area contributed by atoms with Crippen LogP contribution < -0.4 is 0 Å². The lowest BCUT2D eigenvalue weighted by atomic mass is 10.1. The summed E-state index contributed by atoms with van der Waals surface area (Å²) < 4.78 is 37.5. The van der Waals surface area contributed by atoms with Gasteiger partial charge in [0.05, 0.1) is 5.57 Å². The first kappa shape index (κ1) is 14.0. The molecule has 0 unspecified atom stereocenters. The molecule has 0 bridgehead atoms. The molecule has 0 aromatic carbocycles. The predicted octanol–water partition coefficient (Wildman–Crippen LogP) is 4.80. The van der Waals surface area contributed by atoms with Crippen molar-refractivity contribution >= 4 is 0 Å². The third kappa shape index (κ3) is 6.15. The van der Waals surface area contributed by atoms with Crippen molar-refractivity contribution in [2.75, 3.05) is 0 Å². The number of halogens is 3. The Kier molecular flexibility index (Phi) is 6.06. The van der Waals surface area contributed by atoms with E-state index in [1.54, 1.807) is 13.0 Å². The van der Waals surface area contributed by atoms with Crippen molar-refractivity contribution in [2.45, 2.75) is 39.8 Å². The molecule has 0 heterocycles. The van der Waals surface area contributed by atoms with Gasteiger partial charge in [-0.25, -0.2) is 0 Å². The van der Waals surface area contributed by atoms with E-state index in [4.69, 9.17) is 0 Å². The van der Waals surface area contributed by atoms with E-state index in [-0.39, 0.29) is 0 Å². The number of alkyl halides is 3. The van der Waals surface area contributed by atoms with Crippen LogP contribution in [0.4, 0.5) is 13.2 Å². The number of allylic oxidation sites excluding steroid dienone is 6. The fourth-order valence-electron chi connectivity index (χ4n) is 0.900. The van der Waals surface area contributed by atoms with Gasteiger partial charge in [-0.3, -0.25) is 0 Å². The highest BCUT2D eigenvalue weighted by atomic mass is 19.4. The van der Waals surface area contributed by atoms with Gasteiger partial charge in [-0.2, -0.15) is 13.2 Å². The fraction of sp³-hybridized carbons (Fsp3) is 0.500. The fourth-order valence-corrected chi connectivity index (χ4v) is 0.900. The summed E-state index contributed by atoms with van der Waals surface area (Å²) in [5, 5.41) is 0. The van der Waals surface area contributed by atoms with E-state index in [1.165, 1.54) is 12.2 Å². The summed E-state index contributed by atoms with van der Waals surface area (Å²) in [4.78, 5) is 0. The van der Waals surface area contributed by atoms with Crippen LogP contribution in [0.3, 0.4) is 0 Å². The minimum absolute atomic E-state index is 0.591. The van der Waals surface area contributed by atoms with Crippen molar-refractivity contribution < 1.29 is 13.2 Å². The minimum Gasteiger partial charge on any atom is -0.166 e. The molecule has 0 saturated carbocycles. The van der Waals surface area contributed by atoms with Crippen LogP contribution in [0.1, 0.15) is 33.6 Å². The normalized spacial score (nSPS) is 15.1. The minimum atomic E-state index is -4.27. The van der Waals surface area contributed by atoms with E-state index < -0.39 is 11.7 Å². The molecule has 0 radical (unpaired) electrons. The third-order valence-corrected chi connectivity index (χ3v) is 1.93. The van der Waals surface area contributed by atoms with Gasteiger partial charge < -0.3 is 0 Å². The number of hydrogen-bond acceptors (Lipinski definition) is 0. The summed E-state index contributed by atoms with van der Waals surface area (Å²) in [5.74, 6) is 0. The molecule has 0 spiro atoms. The molecule has 0 aliphatic heterocycles. The molecule has 0 fully saturated rings. The Hall–Kier alpha value is -0.990. The standard InChI is InChI=1S/C12H17F3/c1-4-6-7-8-11(12(13,14)15)9-10(3)5-2/h6-9H,4-5H2,1-3H3/b7-6+,10-9+,11-8+. The highest BCUT2D eigenvalue weighted by Gasteiger charge is 2.31. The SMILES string of the molecule is CC/C=C/C=C(\C=C(/C)CC)C(F)(F)F. The third-order valence-electron chi connectivity index (χ3n) is 1.93. The molecule has 0 N–H and O–H groups in total. The second-order valence-corrected chi connectivity index (χ2v) is 3.30. The molecule has 15 heavy (non-hydrogen) atoms. The molecule has 0 rings (SSSR count). The number of rotatable bonds is 4. The lowest BCUT2D eigenvalue weighted by Crippen LogP contribution is -2.10.